The van der Waals surface area contributed by atoms with Gasteiger partial charge in [-0.25, -0.2) is 4.39 Å². The minimum absolute atomic E-state index is 0.0145. The predicted octanol–water partition coefficient (Wildman–Crippen LogP) is 3.20. The molecule has 0 radical (unpaired) electrons. The van der Waals surface area contributed by atoms with Crippen LogP contribution in [0.15, 0.2) is 24.3 Å². The van der Waals surface area contributed by atoms with E-state index in [-0.39, 0.29) is 11.7 Å². The number of nitrogens with zero attached hydrogens (tertiary/aromatic N) is 1. The summed E-state index contributed by atoms with van der Waals surface area (Å²) in [5.74, 6) is 0.550. The summed E-state index contributed by atoms with van der Waals surface area (Å²) in [4.78, 5) is 14.1. The summed E-state index contributed by atoms with van der Waals surface area (Å²) in [5.41, 5.74) is 0.388. The number of hydrogen-bond acceptors (Lipinski definition) is 2. The van der Waals surface area contributed by atoms with Gasteiger partial charge in [0.2, 0.25) is 5.91 Å². The highest BCUT2D eigenvalue weighted by atomic mass is 19.1. The van der Waals surface area contributed by atoms with Crippen molar-refractivity contribution in [2.75, 3.05) is 24.5 Å². The maximum Gasteiger partial charge on any atom is 0.227 e. The highest BCUT2D eigenvalue weighted by Crippen LogP contribution is 2.25. The van der Waals surface area contributed by atoms with Gasteiger partial charge in [-0.3, -0.25) is 4.79 Å². The second-order valence-corrected chi connectivity index (χ2v) is 5.88. The number of halogens is 1. The fourth-order valence-corrected chi connectivity index (χ4v) is 3.07. The summed E-state index contributed by atoms with van der Waals surface area (Å²) in [6.07, 6.45) is 2.83. The highest BCUT2D eigenvalue weighted by molar-refractivity contribution is 5.93. The van der Waals surface area contributed by atoms with Crippen LogP contribution in [-0.2, 0) is 4.79 Å². The quantitative estimate of drug-likeness (QED) is 0.904. The Balaban J connectivity index is 2.01. The van der Waals surface area contributed by atoms with Crippen molar-refractivity contribution in [3.8, 4) is 0 Å². The molecule has 0 bridgehead atoms. The lowest BCUT2D eigenvalue weighted by Crippen LogP contribution is -2.37. The molecular weight excluding hydrogens is 267 g/mol. The van der Waals surface area contributed by atoms with Gasteiger partial charge in [0.1, 0.15) is 5.82 Å². The highest BCUT2D eigenvalue weighted by Gasteiger charge is 2.25. The topological polar surface area (TPSA) is 32.3 Å². The van der Waals surface area contributed by atoms with Gasteiger partial charge in [0, 0.05) is 13.0 Å². The first-order chi connectivity index (χ1) is 10.1. The Morgan fingerprint density at radius 3 is 2.86 bits per heavy atom. The smallest absolute Gasteiger partial charge is 0.227 e. The Morgan fingerprint density at radius 2 is 2.24 bits per heavy atom. The number of para-hydroxylation sites is 1. The van der Waals surface area contributed by atoms with E-state index >= 15 is 0 Å². The van der Waals surface area contributed by atoms with E-state index in [9.17, 15) is 9.18 Å². The summed E-state index contributed by atoms with van der Waals surface area (Å²) in [7, 11) is 0. The van der Waals surface area contributed by atoms with Crippen molar-refractivity contribution in [3.05, 3.63) is 30.1 Å². The molecule has 1 aliphatic heterocycles. The number of carbonyl (C=O) groups is 1. The molecule has 1 saturated heterocycles. The zero-order chi connectivity index (χ0) is 15.2. The first kappa shape index (κ1) is 16.0. The Morgan fingerprint density at radius 1 is 1.48 bits per heavy atom. The van der Waals surface area contributed by atoms with Crippen LogP contribution in [-0.4, -0.2) is 25.5 Å². The number of nitrogens with one attached hydrogen (secondary N) is 1. The van der Waals surface area contributed by atoms with Crippen molar-refractivity contribution >= 4 is 11.6 Å². The van der Waals surface area contributed by atoms with Crippen molar-refractivity contribution in [1.82, 2.24) is 5.32 Å². The number of rotatable bonds is 5. The Kier molecular flexibility index (Phi) is 5.74. The average molecular weight is 292 g/mol. The molecule has 1 heterocycles. The molecule has 1 N–H and O–H groups in total. The largest absolute Gasteiger partial charge is 0.316 e. The minimum atomic E-state index is -0.334. The molecule has 1 aliphatic rings. The number of carbonyl (C=O) groups excluding carboxylic acids is 1. The van der Waals surface area contributed by atoms with E-state index in [2.05, 4.69) is 12.2 Å². The fraction of sp³-hybridized carbons (Fsp3) is 0.588. The van der Waals surface area contributed by atoms with E-state index < -0.39 is 0 Å². The van der Waals surface area contributed by atoms with Gasteiger partial charge in [0.05, 0.1) is 5.69 Å². The van der Waals surface area contributed by atoms with Gasteiger partial charge < -0.3 is 10.2 Å². The lowest BCUT2D eigenvalue weighted by atomic mass is 9.85. The molecule has 0 spiro atoms. The number of anilines is 1. The van der Waals surface area contributed by atoms with Crippen LogP contribution in [0.4, 0.5) is 10.1 Å². The molecule has 4 heteroatoms. The molecule has 0 saturated carbocycles. The van der Waals surface area contributed by atoms with E-state index in [1.54, 1.807) is 23.1 Å². The van der Waals surface area contributed by atoms with Crippen molar-refractivity contribution < 1.29 is 9.18 Å². The van der Waals surface area contributed by atoms with Crippen molar-refractivity contribution in [3.63, 3.8) is 0 Å². The molecule has 1 fully saturated rings. The van der Waals surface area contributed by atoms with Crippen LogP contribution in [0.1, 0.15) is 33.1 Å². The molecular formula is C17H25FN2O. The molecule has 0 aromatic heterocycles. The van der Waals surface area contributed by atoms with Gasteiger partial charge in [-0.1, -0.05) is 19.1 Å². The maximum absolute atomic E-state index is 13.9. The van der Waals surface area contributed by atoms with Crippen LogP contribution in [0.3, 0.4) is 0 Å². The Labute approximate surface area is 126 Å². The van der Waals surface area contributed by atoms with E-state index in [0.29, 0.717) is 30.5 Å². The molecule has 0 aliphatic carbocycles. The monoisotopic (exact) mass is 292 g/mol. The van der Waals surface area contributed by atoms with Gasteiger partial charge >= 0.3 is 0 Å². The third kappa shape index (κ3) is 4.03. The van der Waals surface area contributed by atoms with Gasteiger partial charge in [-0.15, -0.1) is 0 Å². The standard InChI is InChI=1S/C17H25FN2O/c1-3-20(16-9-5-4-8-15(16)18)17(21)11-13(2)14-7-6-10-19-12-14/h4-5,8-9,13-14,19H,3,6-7,10-12H2,1-2H3. The van der Waals surface area contributed by atoms with E-state index in [1.807, 2.05) is 6.92 Å². The maximum atomic E-state index is 13.9. The number of hydrogen-bond donors (Lipinski definition) is 1. The third-order valence-electron chi connectivity index (χ3n) is 4.40. The molecule has 1 aromatic carbocycles. The molecule has 1 aromatic rings. The van der Waals surface area contributed by atoms with Gasteiger partial charge in [-0.05, 0) is 56.8 Å². The fourth-order valence-electron chi connectivity index (χ4n) is 3.07. The number of amides is 1. The predicted molar refractivity (Wildman–Crippen MR) is 83.8 cm³/mol. The van der Waals surface area contributed by atoms with Gasteiger partial charge in [0.25, 0.3) is 0 Å². The van der Waals surface area contributed by atoms with Gasteiger partial charge in [0.15, 0.2) is 0 Å². The van der Waals surface area contributed by atoms with Crippen LogP contribution in [0.2, 0.25) is 0 Å². The summed E-state index contributed by atoms with van der Waals surface area (Å²) in [6, 6.07) is 6.49. The SMILES string of the molecule is CCN(C(=O)CC(C)C1CCCNC1)c1ccccc1F. The minimum Gasteiger partial charge on any atom is -0.316 e. The lowest BCUT2D eigenvalue weighted by Gasteiger charge is -2.30. The molecule has 2 unspecified atom stereocenters. The Bertz CT molecular complexity index is 472. The van der Waals surface area contributed by atoms with Crippen LogP contribution in [0, 0.1) is 17.7 Å². The molecule has 116 valence electrons. The Hall–Kier alpha value is -1.42. The first-order valence-corrected chi connectivity index (χ1v) is 7.89. The number of piperidine rings is 1. The van der Waals surface area contributed by atoms with Crippen LogP contribution >= 0.6 is 0 Å². The van der Waals surface area contributed by atoms with Crippen molar-refractivity contribution in [2.45, 2.75) is 33.1 Å². The second-order valence-electron chi connectivity index (χ2n) is 5.88. The summed E-state index contributed by atoms with van der Waals surface area (Å²) in [5, 5.41) is 3.39. The molecule has 21 heavy (non-hydrogen) atoms. The molecule has 2 atom stereocenters. The summed E-state index contributed by atoms with van der Waals surface area (Å²) >= 11 is 0. The molecule has 2 rings (SSSR count). The van der Waals surface area contributed by atoms with E-state index in [1.165, 1.54) is 18.9 Å². The van der Waals surface area contributed by atoms with Crippen LogP contribution in [0.25, 0.3) is 0 Å². The first-order valence-electron chi connectivity index (χ1n) is 7.89. The second kappa shape index (κ2) is 7.55. The zero-order valence-electron chi connectivity index (χ0n) is 12.9. The molecule has 3 nitrogen and oxygen atoms in total. The lowest BCUT2D eigenvalue weighted by molar-refractivity contribution is -0.119. The van der Waals surface area contributed by atoms with Crippen LogP contribution < -0.4 is 10.2 Å². The normalized spacial score (nSPS) is 20.0. The van der Waals surface area contributed by atoms with Crippen molar-refractivity contribution in [2.24, 2.45) is 11.8 Å². The number of benzene rings is 1. The van der Waals surface area contributed by atoms with E-state index in [4.69, 9.17) is 0 Å². The van der Waals surface area contributed by atoms with Gasteiger partial charge in [-0.2, -0.15) is 0 Å². The van der Waals surface area contributed by atoms with Crippen LogP contribution in [0.5, 0.6) is 0 Å². The summed E-state index contributed by atoms with van der Waals surface area (Å²) in [6.45, 7) is 6.57. The van der Waals surface area contributed by atoms with Crippen molar-refractivity contribution in [1.29, 1.82) is 0 Å². The molecule has 1 amide bonds. The third-order valence-corrected chi connectivity index (χ3v) is 4.40. The zero-order valence-corrected chi connectivity index (χ0v) is 12.9. The summed E-state index contributed by atoms with van der Waals surface area (Å²) < 4.78 is 13.9. The average Bonchev–Trinajstić information content (AvgIpc) is 2.50. The van der Waals surface area contributed by atoms with E-state index in [0.717, 1.165) is 13.1 Å².